The zero-order valence-corrected chi connectivity index (χ0v) is 14.7. The fraction of sp³-hybridized carbons (Fsp3) is 0.188. The number of nitrogens with one attached hydrogen (secondary N) is 2. The van der Waals surface area contributed by atoms with Crippen LogP contribution in [0.15, 0.2) is 30.3 Å². The molecule has 0 bridgehead atoms. The van der Waals surface area contributed by atoms with Gasteiger partial charge in [-0.3, -0.25) is 4.79 Å². The third kappa shape index (κ3) is 4.38. The van der Waals surface area contributed by atoms with Crippen LogP contribution in [-0.4, -0.2) is 27.3 Å². The third-order valence-corrected chi connectivity index (χ3v) is 4.03. The topological polar surface area (TPSA) is 70.7 Å². The fourth-order valence-corrected chi connectivity index (χ4v) is 2.98. The van der Waals surface area contributed by atoms with Gasteiger partial charge in [-0.05, 0) is 42.3 Å². The first-order valence-electron chi connectivity index (χ1n) is 7.22. The van der Waals surface area contributed by atoms with E-state index in [1.165, 1.54) is 0 Å². The number of hydrogen-bond donors (Lipinski definition) is 2. The number of carbonyl (C=O) groups is 1. The van der Waals surface area contributed by atoms with Gasteiger partial charge in [-0.1, -0.05) is 34.8 Å². The number of carbonyl (C=O) groups excluding carboxylic acids is 1. The molecule has 0 fully saturated rings. The highest BCUT2D eigenvalue weighted by molar-refractivity contribution is 6.34. The molecule has 0 spiro atoms. The molecule has 0 atom stereocenters. The van der Waals surface area contributed by atoms with E-state index in [0.29, 0.717) is 39.6 Å². The van der Waals surface area contributed by atoms with Gasteiger partial charge in [0.15, 0.2) is 11.4 Å². The van der Waals surface area contributed by atoms with Gasteiger partial charge < -0.3 is 10.3 Å². The Labute approximate surface area is 153 Å². The molecular weight excluding hydrogens is 371 g/mol. The van der Waals surface area contributed by atoms with Gasteiger partial charge in [-0.15, -0.1) is 0 Å². The number of aromatic amines is 1. The lowest BCUT2D eigenvalue weighted by molar-refractivity contribution is -0.117. The number of rotatable bonds is 6. The maximum Gasteiger partial charge on any atom is 0.203 e. The molecule has 0 saturated carbocycles. The Balaban J connectivity index is 1.54. The predicted molar refractivity (Wildman–Crippen MR) is 97.2 cm³/mol. The summed E-state index contributed by atoms with van der Waals surface area (Å²) < 4.78 is 0. The number of ketones is 1. The van der Waals surface area contributed by atoms with Crippen LogP contribution < -0.4 is 5.32 Å². The predicted octanol–water partition coefficient (Wildman–Crippen LogP) is 4.53. The summed E-state index contributed by atoms with van der Waals surface area (Å²) in [5.74, 6) is 0.538. The molecule has 1 aromatic carbocycles. The summed E-state index contributed by atoms with van der Waals surface area (Å²) in [6.45, 7) is 0.169. The van der Waals surface area contributed by atoms with Crippen molar-refractivity contribution in [3.05, 3.63) is 51.1 Å². The number of anilines is 1. The van der Waals surface area contributed by atoms with Crippen molar-refractivity contribution in [2.75, 3.05) is 11.9 Å². The molecule has 0 radical (unpaired) electrons. The van der Waals surface area contributed by atoms with Gasteiger partial charge in [-0.2, -0.15) is 4.98 Å². The van der Waals surface area contributed by atoms with E-state index in [-0.39, 0.29) is 12.3 Å². The minimum absolute atomic E-state index is 0.0533. The molecule has 124 valence electrons. The molecule has 5 nitrogen and oxygen atoms in total. The van der Waals surface area contributed by atoms with Crippen molar-refractivity contribution in [1.29, 1.82) is 0 Å². The van der Waals surface area contributed by atoms with E-state index in [1.54, 1.807) is 18.2 Å². The van der Waals surface area contributed by atoms with Crippen LogP contribution in [0.3, 0.4) is 0 Å². The first kappa shape index (κ1) is 17.0. The van der Waals surface area contributed by atoms with Crippen LogP contribution in [0.4, 0.5) is 5.95 Å². The SMILES string of the molecule is O=C(CCc1cc(Cl)cc(Cl)c1)CNc1nc2nc(Cl)ccc2[nH]1. The highest BCUT2D eigenvalue weighted by Gasteiger charge is 2.08. The summed E-state index contributed by atoms with van der Waals surface area (Å²) >= 11 is 17.7. The van der Waals surface area contributed by atoms with E-state index < -0.39 is 0 Å². The van der Waals surface area contributed by atoms with Crippen LogP contribution in [0.25, 0.3) is 11.2 Å². The number of Topliss-reactive ketones (excluding diaryl/α,β-unsaturated/α-hetero) is 1. The number of halogens is 3. The minimum atomic E-state index is 0.0533. The fourth-order valence-electron chi connectivity index (χ4n) is 2.26. The molecular formula is C16H13Cl3N4O. The normalized spacial score (nSPS) is 11.0. The summed E-state index contributed by atoms with van der Waals surface area (Å²) in [7, 11) is 0. The Morgan fingerprint density at radius 2 is 1.83 bits per heavy atom. The molecule has 0 unspecified atom stereocenters. The summed E-state index contributed by atoms with van der Waals surface area (Å²) in [6, 6.07) is 8.74. The first-order valence-corrected chi connectivity index (χ1v) is 8.36. The van der Waals surface area contributed by atoms with Crippen molar-refractivity contribution in [2.24, 2.45) is 0 Å². The van der Waals surface area contributed by atoms with E-state index in [9.17, 15) is 4.79 Å². The van der Waals surface area contributed by atoms with E-state index in [2.05, 4.69) is 20.3 Å². The molecule has 8 heteroatoms. The van der Waals surface area contributed by atoms with Crippen molar-refractivity contribution in [2.45, 2.75) is 12.8 Å². The third-order valence-electron chi connectivity index (χ3n) is 3.38. The summed E-state index contributed by atoms with van der Waals surface area (Å²) in [6.07, 6.45) is 0.964. The molecule has 2 N–H and O–H groups in total. The van der Waals surface area contributed by atoms with Gasteiger partial charge >= 0.3 is 0 Å². The van der Waals surface area contributed by atoms with Crippen LogP contribution in [0.2, 0.25) is 15.2 Å². The van der Waals surface area contributed by atoms with Crippen LogP contribution in [0.5, 0.6) is 0 Å². The molecule has 0 amide bonds. The highest BCUT2D eigenvalue weighted by Crippen LogP contribution is 2.20. The minimum Gasteiger partial charge on any atom is -0.349 e. The lowest BCUT2D eigenvalue weighted by atomic mass is 10.1. The molecule has 2 heterocycles. The molecule has 0 aliphatic heterocycles. The monoisotopic (exact) mass is 382 g/mol. The largest absolute Gasteiger partial charge is 0.349 e. The second-order valence-electron chi connectivity index (χ2n) is 5.26. The van der Waals surface area contributed by atoms with Gasteiger partial charge in [0.2, 0.25) is 5.95 Å². The van der Waals surface area contributed by atoms with Crippen LogP contribution >= 0.6 is 34.8 Å². The maximum atomic E-state index is 12.0. The first-order chi connectivity index (χ1) is 11.5. The van der Waals surface area contributed by atoms with Crippen LogP contribution in [0.1, 0.15) is 12.0 Å². The molecule has 2 aromatic heterocycles. The number of hydrogen-bond acceptors (Lipinski definition) is 4. The molecule has 24 heavy (non-hydrogen) atoms. The summed E-state index contributed by atoms with van der Waals surface area (Å²) in [5.41, 5.74) is 2.19. The van der Waals surface area contributed by atoms with Crippen molar-refractivity contribution in [1.82, 2.24) is 15.0 Å². The lowest BCUT2D eigenvalue weighted by Gasteiger charge is -2.04. The Morgan fingerprint density at radius 3 is 2.58 bits per heavy atom. The zero-order valence-electron chi connectivity index (χ0n) is 12.4. The number of aryl methyl sites for hydroxylation is 1. The lowest BCUT2D eigenvalue weighted by Crippen LogP contribution is -2.15. The molecule has 3 rings (SSSR count). The molecule has 0 aliphatic carbocycles. The second-order valence-corrected chi connectivity index (χ2v) is 6.52. The van der Waals surface area contributed by atoms with Crippen LogP contribution in [-0.2, 0) is 11.2 Å². The maximum absolute atomic E-state index is 12.0. The average Bonchev–Trinajstić information content (AvgIpc) is 2.92. The standard InChI is InChI=1S/C16H13Cl3N4O/c17-10-5-9(6-11(18)7-10)1-2-12(24)8-20-16-21-13-3-4-14(19)22-15(13)23-16/h3-7H,1-2,8H2,(H2,20,21,22,23). The highest BCUT2D eigenvalue weighted by atomic mass is 35.5. The summed E-state index contributed by atoms with van der Waals surface area (Å²) in [5, 5.41) is 4.47. The number of aromatic nitrogens is 3. The van der Waals surface area contributed by atoms with Crippen molar-refractivity contribution in [3.8, 4) is 0 Å². The van der Waals surface area contributed by atoms with Gasteiger partial charge in [0.25, 0.3) is 0 Å². The molecule has 3 aromatic rings. The Bertz CT molecular complexity index is 874. The Kier molecular flexibility index (Phi) is 5.23. The van der Waals surface area contributed by atoms with E-state index in [4.69, 9.17) is 34.8 Å². The Morgan fingerprint density at radius 1 is 1.08 bits per heavy atom. The quantitative estimate of drug-likeness (QED) is 0.613. The number of benzene rings is 1. The van der Waals surface area contributed by atoms with Gasteiger partial charge in [0.1, 0.15) is 5.15 Å². The number of imidazole rings is 1. The van der Waals surface area contributed by atoms with Crippen molar-refractivity contribution < 1.29 is 4.79 Å². The van der Waals surface area contributed by atoms with E-state index >= 15 is 0 Å². The zero-order chi connectivity index (χ0) is 17.1. The van der Waals surface area contributed by atoms with E-state index in [1.807, 2.05) is 12.1 Å². The van der Waals surface area contributed by atoms with Gasteiger partial charge in [-0.25, -0.2) is 4.98 Å². The summed E-state index contributed by atoms with van der Waals surface area (Å²) in [4.78, 5) is 23.4. The van der Waals surface area contributed by atoms with Crippen LogP contribution in [0, 0.1) is 0 Å². The van der Waals surface area contributed by atoms with Gasteiger partial charge in [0.05, 0.1) is 12.1 Å². The molecule has 0 saturated heterocycles. The smallest absolute Gasteiger partial charge is 0.203 e. The van der Waals surface area contributed by atoms with Crippen molar-refractivity contribution >= 4 is 57.7 Å². The Hall–Kier alpha value is -1.82. The van der Waals surface area contributed by atoms with Crippen molar-refractivity contribution in [3.63, 3.8) is 0 Å². The number of pyridine rings is 1. The number of H-pyrrole nitrogens is 1. The van der Waals surface area contributed by atoms with Gasteiger partial charge in [0, 0.05) is 16.5 Å². The van der Waals surface area contributed by atoms with E-state index in [0.717, 1.165) is 11.1 Å². The average molecular weight is 384 g/mol. The molecule has 0 aliphatic rings. The number of fused-ring (bicyclic) bond motifs is 1. The second kappa shape index (κ2) is 7.38. The number of nitrogens with zero attached hydrogens (tertiary/aromatic N) is 2.